The van der Waals surface area contributed by atoms with Gasteiger partial charge in [-0.05, 0) is 19.3 Å². The normalized spacial score (nSPS) is 20.9. The van der Waals surface area contributed by atoms with Gasteiger partial charge in [0.25, 0.3) is 0 Å². The van der Waals surface area contributed by atoms with Gasteiger partial charge in [-0.15, -0.1) is 0 Å². The summed E-state index contributed by atoms with van der Waals surface area (Å²) in [4.78, 5) is 0. The molecule has 0 N–H and O–H groups in total. The summed E-state index contributed by atoms with van der Waals surface area (Å²) in [5.74, 6) is 0. The zero-order chi connectivity index (χ0) is 15.0. The van der Waals surface area contributed by atoms with E-state index in [0.29, 0.717) is 46.2 Å². The van der Waals surface area contributed by atoms with Crippen molar-refractivity contribution >= 4 is 30.4 Å². The van der Waals surface area contributed by atoms with Gasteiger partial charge in [0.1, 0.15) is 0 Å². The van der Waals surface area contributed by atoms with Gasteiger partial charge in [0, 0.05) is 21.2 Å². The van der Waals surface area contributed by atoms with Crippen molar-refractivity contribution in [2.45, 2.75) is 25.4 Å². The van der Waals surface area contributed by atoms with Crippen molar-refractivity contribution in [3.63, 3.8) is 0 Å². The quantitative estimate of drug-likeness (QED) is 0.204. The summed E-state index contributed by atoms with van der Waals surface area (Å²) in [6.45, 7) is 5.02. The molecule has 0 aromatic rings. The molecule has 1 aliphatic rings. The molecular weight excluding hydrogens is 407 g/mol. The van der Waals surface area contributed by atoms with E-state index >= 15 is 0 Å². The largest absolute Gasteiger partial charge is 0.377 e. The number of halogens is 1. The highest BCUT2D eigenvalue weighted by atomic mass is 127. The smallest absolute Gasteiger partial charge is 0.0857 e. The Hall–Kier alpha value is 0.620. The van der Waals surface area contributed by atoms with Crippen LogP contribution in [0, 0.1) is 0 Å². The highest BCUT2D eigenvalue weighted by Crippen LogP contribution is 2.11. The van der Waals surface area contributed by atoms with Gasteiger partial charge in [-0.25, -0.2) is 0 Å². The maximum absolute atomic E-state index is 5.72. The predicted molar refractivity (Wildman–Crippen MR) is 92.8 cm³/mol. The molecule has 0 bridgehead atoms. The van der Waals surface area contributed by atoms with Crippen LogP contribution in [-0.4, -0.2) is 59.0 Å². The Morgan fingerprint density at radius 1 is 0.952 bits per heavy atom. The second-order valence-corrected chi connectivity index (χ2v) is 5.96. The summed E-state index contributed by atoms with van der Waals surface area (Å²) in [7, 11) is 1.32. The third kappa shape index (κ3) is 12.8. The molecular formula is C14H25IO5S. The van der Waals surface area contributed by atoms with Gasteiger partial charge in [0.2, 0.25) is 0 Å². The van der Waals surface area contributed by atoms with Crippen molar-refractivity contribution < 1.29 is 23.1 Å². The molecule has 1 rings (SSSR count). The average Bonchev–Trinajstić information content (AvgIpc) is 2.46. The maximum Gasteiger partial charge on any atom is 0.0857 e. The van der Waals surface area contributed by atoms with Gasteiger partial charge in [0.15, 0.2) is 0 Å². The second kappa shape index (κ2) is 15.5. The Labute approximate surface area is 143 Å². The molecule has 0 aromatic heterocycles. The summed E-state index contributed by atoms with van der Waals surface area (Å²) in [6, 6.07) is 0. The highest BCUT2D eigenvalue weighted by molar-refractivity contribution is 14.2. The van der Waals surface area contributed by atoms with Crippen LogP contribution in [0.4, 0.5) is 0 Å². The first-order valence-corrected chi connectivity index (χ1v) is 10.6. The summed E-state index contributed by atoms with van der Waals surface area (Å²) in [6.07, 6.45) is 7.72. The second-order valence-electron chi connectivity index (χ2n) is 4.51. The van der Waals surface area contributed by atoms with Crippen LogP contribution in [0.5, 0.6) is 0 Å². The lowest BCUT2D eigenvalue weighted by molar-refractivity contribution is -0.0386. The molecule has 0 saturated heterocycles. The topological polar surface area (TPSA) is 46.2 Å². The number of ether oxygens (including phenoxy) is 4. The highest BCUT2D eigenvalue weighted by Gasteiger charge is 2.09. The zero-order valence-electron chi connectivity index (χ0n) is 12.3. The molecule has 21 heavy (non-hydrogen) atoms. The van der Waals surface area contributed by atoms with Gasteiger partial charge < -0.3 is 23.1 Å². The molecule has 1 atom stereocenters. The number of hydrogen-bond donors (Lipinski definition) is 0. The molecule has 0 unspecified atom stereocenters. The molecule has 0 spiro atoms. The lowest BCUT2D eigenvalue weighted by atomic mass is 10.1. The van der Waals surface area contributed by atoms with Crippen molar-refractivity contribution in [2.75, 3.05) is 52.9 Å². The van der Waals surface area contributed by atoms with Crippen LogP contribution in [-0.2, 0) is 23.1 Å². The zero-order valence-corrected chi connectivity index (χ0v) is 15.3. The van der Waals surface area contributed by atoms with E-state index in [1.807, 2.05) is 0 Å². The third-order valence-electron chi connectivity index (χ3n) is 2.86. The van der Waals surface area contributed by atoms with Gasteiger partial charge in [-0.1, -0.05) is 12.2 Å². The molecule has 1 aliphatic heterocycles. The maximum atomic E-state index is 5.72. The molecule has 0 aromatic carbocycles. The van der Waals surface area contributed by atoms with E-state index < -0.39 is 0 Å². The van der Waals surface area contributed by atoms with E-state index in [9.17, 15) is 0 Å². The van der Waals surface area contributed by atoms with Gasteiger partial charge in [-0.3, -0.25) is 0 Å². The average molecular weight is 432 g/mol. The van der Waals surface area contributed by atoms with E-state index in [1.54, 1.807) is 0 Å². The number of rotatable bonds is 12. The summed E-state index contributed by atoms with van der Waals surface area (Å²) >= 11 is 2.08. The molecule has 0 amide bonds. The van der Waals surface area contributed by atoms with Gasteiger partial charge >= 0.3 is 0 Å². The minimum absolute atomic E-state index is 0.217. The van der Waals surface area contributed by atoms with Crippen LogP contribution in [0.25, 0.3) is 0 Å². The predicted octanol–water partition coefficient (Wildman–Crippen LogP) is 3.18. The van der Waals surface area contributed by atoms with Crippen molar-refractivity contribution in [3.8, 4) is 0 Å². The fraction of sp³-hybridized carbons (Fsp3) is 0.857. The fourth-order valence-corrected chi connectivity index (χ4v) is 2.48. The van der Waals surface area contributed by atoms with Gasteiger partial charge in [-0.2, -0.15) is 0 Å². The molecule has 0 saturated carbocycles. The van der Waals surface area contributed by atoms with Crippen LogP contribution >= 0.6 is 30.4 Å². The number of hydrogen-bond acceptors (Lipinski definition) is 6. The van der Waals surface area contributed by atoms with E-state index in [4.69, 9.17) is 23.1 Å². The SMILES string of the molecule is ISOCCOCCOCCOC[C@@H]1CC/C=C/CCO1. The fourth-order valence-electron chi connectivity index (χ4n) is 1.81. The van der Waals surface area contributed by atoms with E-state index in [1.165, 1.54) is 9.21 Å². The molecule has 1 heterocycles. The van der Waals surface area contributed by atoms with Crippen LogP contribution in [0.2, 0.25) is 0 Å². The Balaban J connectivity index is 1.80. The minimum atomic E-state index is 0.217. The first-order chi connectivity index (χ1) is 10.4. The van der Waals surface area contributed by atoms with Crippen molar-refractivity contribution in [2.24, 2.45) is 0 Å². The standard InChI is InChI=1S/C14H25IO5S/c15-21-20-12-11-17-8-7-16-9-10-18-13-14-5-3-1-2-4-6-19-14/h1-2,14H,3-13H2/b2-1+/t14-/m0/s1. The Morgan fingerprint density at radius 3 is 2.38 bits per heavy atom. The van der Waals surface area contributed by atoms with E-state index in [-0.39, 0.29) is 6.10 Å². The first-order valence-electron chi connectivity index (χ1n) is 7.33. The molecule has 0 fully saturated rings. The van der Waals surface area contributed by atoms with Crippen LogP contribution in [0.15, 0.2) is 12.2 Å². The monoisotopic (exact) mass is 432 g/mol. The van der Waals surface area contributed by atoms with E-state index in [0.717, 1.165) is 25.9 Å². The minimum Gasteiger partial charge on any atom is -0.377 e. The van der Waals surface area contributed by atoms with Crippen LogP contribution in [0.1, 0.15) is 19.3 Å². The summed E-state index contributed by atoms with van der Waals surface area (Å²) in [5.41, 5.74) is 0. The number of allylic oxidation sites excluding steroid dienone is 1. The molecule has 5 nitrogen and oxygen atoms in total. The third-order valence-corrected chi connectivity index (χ3v) is 3.88. The molecule has 7 heteroatoms. The Morgan fingerprint density at radius 2 is 1.62 bits per heavy atom. The van der Waals surface area contributed by atoms with Crippen LogP contribution < -0.4 is 0 Å². The van der Waals surface area contributed by atoms with E-state index in [2.05, 4.69) is 33.4 Å². The van der Waals surface area contributed by atoms with Crippen LogP contribution in [0.3, 0.4) is 0 Å². The molecule has 0 aliphatic carbocycles. The van der Waals surface area contributed by atoms with Crippen molar-refractivity contribution in [1.29, 1.82) is 0 Å². The Bertz CT molecular complexity index is 256. The summed E-state index contributed by atoms with van der Waals surface area (Å²) in [5, 5.41) is 0. The van der Waals surface area contributed by atoms with Crippen molar-refractivity contribution in [3.05, 3.63) is 12.2 Å². The first kappa shape index (κ1) is 19.7. The van der Waals surface area contributed by atoms with Crippen molar-refractivity contribution in [1.82, 2.24) is 0 Å². The molecule has 124 valence electrons. The molecule has 0 radical (unpaired) electrons. The lowest BCUT2D eigenvalue weighted by Crippen LogP contribution is -2.22. The Kier molecular flexibility index (Phi) is 14.5. The lowest BCUT2D eigenvalue weighted by Gasteiger charge is -2.18. The summed E-state index contributed by atoms with van der Waals surface area (Å²) < 4.78 is 27.1. The van der Waals surface area contributed by atoms with Gasteiger partial charge in [0.05, 0.1) is 68.2 Å².